The van der Waals surface area contributed by atoms with Crippen molar-refractivity contribution < 1.29 is 4.42 Å². The number of nitrogens with one attached hydrogen (secondary N) is 1. The largest absolute Gasteiger partial charge is 0.445 e. The number of oxazole rings is 1. The van der Waals surface area contributed by atoms with E-state index in [-0.39, 0.29) is 0 Å². The second-order valence-electron chi connectivity index (χ2n) is 3.59. The van der Waals surface area contributed by atoms with Gasteiger partial charge in [0.25, 0.3) is 0 Å². The Bertz CT molecular complexity index is 450. The molecule has 0 spiro atoms. The number of halogens is 1. The first-order chi connectivity index (χ1) is 7.74. The number of hydrogen-bond acceptors (Lipinski definition) is 3. The van der Waals surface area contributed by atoms with Gasteiger partial charge in [-0.05, 0) is 24.6 Å². The highest BCUT2D eigenvalue weighted by atomic mass is 79.9. The molecule has 0 aliphatic rings. The van der Waals surface area contributed by atoms with Crippen LogP contribution < -0.4 is 5.32 Å². The van der Waals surface area contributed by atoms with Crippen LogP contribution in [0.15, 0.2) is 39.4 Å². The van der Waals surface area contributed by atoms with Crippen LogP contribution in [-0.4, -0.2) is 4.98 Å². The van der Waals surface area contributed by atoms with Crippen molar-refractivity contribution >= 4 is 15.9 Å². The van der Waals surface area contributed by atoms with E-state index in [0.717, 1.165) is 22.7 Å². The molecule has 0 saturated heterocycles. The Hall–Kier alpha value is -1.13. The molecule has 0 aliphatic heterocycles. The molecule has 0 amide bonds. The molecule has 1 N–H and O–H groups in total. The summed E-state index contributed by atoms with van der Waals surface area (Å²) in [6.07, 6.45) is 1.73. The average Bonchev–Trinajstić information content (AvgIpc) is 2.67. The van der Waals surface area contributed by atoms with Gasteiger partial charge >= 0.3 is 0 Å². The van der Waals surface area contributed by atoms with E-state index < -0.39 is 0 Å². The monoisotopic (exact) mass is 280 g/mol. The maximum atomic E-state index is 5.36. The lowest BCUT2D eigenvalue weighted by Crippen LogP contribution is -2.12. The summed E-state index contributed by atoms with van der Waals surface area (Å²) in [5.74, 6) is 1.58. The van der Waals surface area contributed by atoms with Crippen LogP contribution in [0, 0.1) is 6.92 Å². The van der Waals surface area contributed by atoms with Gasteiger partial charge in [-0.2, -0.15) is 0 Å². The Kier molecular flexibility index (Phi) is 3.74. The Labute approximate surface area is 103 Å². The van der Waals surface area contributed by atoms with Gasteiger partial charge in [0.05, 0.1) is 12.7 Å². The molecule has 16 heavy (non-hydrogen) atoms. The lowest BCUT2D eigenvalue weighted by Gasteiger charge is -2.02. The summed E-state index contributed by atoms with van der Waals surface area (Å²) in [4.78, 5) is 4.12. The van der Waals surface area contributed by atoms with E-state index in [1.165, 1.54) is 5.56 Å². The lowest BCUT2D eigenvalue weighted by molar-refractivity contribution is 0.449. The summed E-state index contributed by atoms with van der Waals surface area (Å²) in [5, 5.41) is 3.28. The third-order valence-electron chi connectivity index (χ3n) is 2.19. The first-order valence-electron chi connectivity index (χ1n) is 5.10. The molecule has 0 atom stereocenters. The van der Waals surface area contributed by atoms with Crippen LogP contribution in [0.3, 0.4) is 0 Å². The minimum atomic E-state index is 0.657. The summed E-state index contributed by atoms with van der Waals surface area (Å²) < 4.78 is 6.46. The van der Waals surface area contributed by atoms with Gasteiger partial charge in [-0.3, -0.25) is 0 Å². The molecule has 0 aliphatic carbocycles. The molecular formula is C12H13BrN2O. The van der Waals surface area contributed by atoms with Crippen LogP contribution in [0.5, 0.6) is 0 Å². The van der Waals surface area contributed by atoms with E-state index in [0.29, 0.717) is 6.54 Å². The number of benzene rings is 1. The van der Waals surface area contributed by atoms with Gasteiger partial charge in [0.1, 0.15) is 5.76 Å². The summed E-state index contributed by atoms with van der Waals surface area (Å²) >= 11 is 3.41. The molecule has 3 nitrogen and oxygen atoms in total. The van der Waals surface area contributed by atoms with Crippen LogP contribution in [0.25, 0.3) is 0 Å². The van der Waals surface area contributed by atoms with Gasteiger partial charge in [0, 0.05) is 11.0 Å². The van der Waals surface area contributed by atoms with E-state index in [9.17, 15) is 0 Å². The highest BCUT2D eigenvalue weighted by Crippen LogP contribution is 2.10. The van der Waals surface area contributed by atoms with E-state index in [1.54, 1.807) is 6.20 Å². The van der Waals surface area contributed by atoms with Crippen molar-refractivity contribution in [3.8, 4) is 0 Å². The maximum absolute atomic E-state index is 5.36. The van der Waals surface area contributed by atoms with Gasteiger partial charge in [-0.15, -0.1) is 0 Å². The zero-order valence-corrected chi connectivity index (χ0v) is 10.6. The first kappa shape index (κ1) is 11.4. The second kappa shape index (κ2) is 5.27. The Morgan fingerprint density at radius 3 is 2.62 bits per heavy atom. The SMILES string of the molecule is Cc1cnc(CNCc2ccc(Br)cc2)o1. The normalized spacial score (nSPS) is 10.6. The van der Waals surface area contributed by atoms with Gasteiger partial charge in [0.2, 0.25) is 5.89 Å². The molecule has 84 valence electrons. The van der Waals surface area contributed by atoms with Crippen LogP contribution in [0.4, 0.5) is 0 Å². The Balaban J connectivity index is 1.82. The van der Waals surface area contributed by atoms with Crippen molar-refractivity contribution in [1.82, 2.24) is 10.3 Å². The third kappa shape index (κ3) is 3.18. The zero-order valence-electron chi connectivity index (χ0n) is 9.03. The van der Waals surface area contributed by atoms with Crippen molar-refractivity contribution in [3.05, 3.63) is 52.1 Å². The molecule has 1 aromatic heterocycles. The molecule has 2 rings (SSSR count). The van der Waals surface area contributed by atoms with Crippen LogP contribution in [0.1, 0.15) is 17.2 Å². The summed E-state index contributed by atoms with van der Waals surface area (Å²) in [7, 11) is 0. The van der Waals surface area contributed by atoms with Gasteiger partial charge in [-0.1, -0.05) is 28.1 Å². The number of hydrogen-bond donors (Lipinski definition) is 1. The summed E-state index contributed by atoms with van der Waals surface area (Å²) in [6.45, 7) is 3.36. The maximum Gasteiger partial charge on any atom is 0.208 e. The average molecular weight is 281 g/mol. The summed E-state index contributed by atoms with van der Waals surface area (Å²) in [5.41, 5.74) is 1.24. The standard InChI is InChI=1S/C12H13BrN2O/c1-9-6-15-12(16-9)8-14-7-10-2-4-11(13)5-3-10/h2-6,14H,7-8H2,1H3. The first-order valence-corrected chi connectivity index (χ1v) is 5.90. The minimum Gasteiger partial charge on any atom is -0.445 e. The highest BCUT2D eigenvalue weighted by molar-refractivity contribution is 9.10. The van der Waals surface area contributed by atoms with Crippen molar-refractivity contribution in [2.75, 3.05) is 0 Å². The number of aromatic nitrogens is 1. The topological polar surface area (TPSA) is 38.1 Å². The number of aryl methyl sites for hydroxylation is 1. The quantitative estimate of drug-likeness (QED) is 0.936. The number of nitrogens with zero attached hydrogens (tertiary/aromatic N) is 1. The summed E-state index contributed by atoms with van der Waals surface area (Å²) in [6, 6.07) is 8.23. The predicted octanol–water partition coefficient (Wildman–Crippen LogP) is 3.04. The molecule has 0 fully saturated rings. The van der Waals surface area contributed by atoms with Crippen molar-refractivity contribution in [2.24, 2.45) is 0 Å². The van der Waals surface area contributed by atoms with Gasteiger partial charge in [0.15, 0.2) is 0 Å². The molecule has 2 aromatic rings. The van der Waals surface area contributed by atoms with Crippen molar-refractivity contribution in [3.63, 3.8) is 0 Å². The molecule has 0 bridgehead atoms. The Morgan fingerprint density at radius 2 is 2.00 bits per heavy atom. The molecular weight excluding hydrogens is 268 g/mol. The Morgan fingerprint density at radius 1 is 1.25 bits per heavy atom. The molecule has 4 heteroatoms. The van der Waals surface area contributed by atoms with Gasteiger partial charge in [-0.25, -0.2) is 4.98 Å². The fourth-order valence-electron chi connectivity index (χ4n) is 1.40. The molecule has 0 saturated carbocycles. The second-order valence-corrected chi connectivity index (χ2v) is 4.51. The molecule has 0 radical (unpaired) electrons. The van der Waals surface area contributed by atoms with E-state index in [4.69, 9.17) is 4.42 Å². The molecule has 0 unspecified atom stereocenters. The van der Waals surface area contributed by atoms with Crippen LogP contribution in [0.2, 0.25) is 0 Å². The highest BCUT2D eigenvalue weighted by Gasteiger charge is 1.99. The smallest absolute Gasteiger partial charge is 0.208 e. The fraction of sp³-hybridized carbons (Fsp3) is 0.250. The molecule has 1 heterocycles. The van der Waals surface area contributed by atoms with Gasteiger partial charge < -0.3 is 9.73 Å². The van der Waals surface area contributed by atoms with E-state index in [2.05, 4.69) is 38.4 Å². The fourth-order valence-corrected chi connectivity index (χ4v) is 1.66. The molecule has 1 aromatic carbocycles. The minimum absolute atomic E-state index is 0.657. The van der Waals surface area contributed by atoms with Crippen LogP contribution in [-0.2, 0) is 13.1 Å². The van der Waals surface area contributed by atoms with E-state index in [1.807, 2.05) is 19.1 Å². The third-order valence-corrected chi connectivity index (χ3v) is 2.72. The zero-order chi connectivity index (χ0) is 11.4. The van der Waals surface area contributed by atoms with Crippen LogP contribution >= 0.6 is 15.9 Å². The van der Waals surface area contributed by atoms with E-state index >= 15 is 0 Å². The number of rotatable bonds is 4. The predicted molar refractivity (Wildman–Crippen MR) is 65.9 cm³/mol. The lowest BCUT2D eigenvalue weighted by atomic mass is 10.2. The van der Waals surface area contributed by atoms with Crippen molar-refractivity contribution in [2.45, 2.75) is 20.0 Å². The van der Waals surface area contributed by atoms with Crippen molar-refractivity contribution in [1.29, 1.82) is 0 Å².